The molecule has 0 unspecified atom stereocenters. The first kappa shape index (κ1) is 16.5. The number of nitrogens with two attached hydrogens (primary N) is 1. The van der Waals surface area contributed by atoms with E-state index >= 15 is 0 Å². The normalized spacial score (nSPS) is 12.8. The summed E-state index contributed by atoms with van der Waals surface area (Å²) >= 11 is 3.41. The molecular formula is C17H15N3O2S2. The number of carbonyl (C=O) groups excluding carboxylic acids is 1. The first-order chi connectivity index (χ1) is 11.6. The summed E-state index contributed by atoms with van der Waals surface area (Å²) in [5.74, 6) is 0.576. The van der Waals surface area contributed by atoms with Crippen molar-refractivity contribution in [3.8, 4) is 10.6 Å². The van der Waals surface area contributed by atoms with E-state index < -0.39 is 11.5 Å². The summed E-state index contributed by atoms with van der Waals surface area (Å²) in [6, 6.07) is 7.06. The van der Waals surface area contributed by atoms with Gasteiger partial charge in [0.25, 0.3) is 11.5 Å². The molecule has 24 heavy (non-hydrogen) atoms. The lowest BCUT2D eigenvalue weighted by molar-refractivity contribution is 0.0999. The Bertz CT molecular complexity index is 940. The van der Waals surface area contributed by atoms with Crippen molar-refractivity contribution < 1.29 is 4.79 Å². The minimum atomic E-state index is -0.729. The van der Waals surface area contributed by atoms with Crippen LogP contribution in [0.15, 0.2) is 52.1 Å². The van der Waals surface area contributed by atoms with Crippen LogP contribution in [-0.2, 0) is 0 Å². The molecule has 1 aliphatic rings. The number of benzene rings is 1. The molecule has 122 valence electrons. The molecule has 0 saturated heterocycles. The van der Waals surface area contributed by atoms with Crippen LogP contribution in [0.3, 0.4) is 0 Å². The third kappa shape index (κ3) is 3.74. The number of nitrogens with one attached hydrogen (secondary N) is 1. The number of allylic oxidation sites excluding steroid dienone is 1. The second-order valence-corrected chi connectivity index (χ2v) is 6.96. The molecule has 3 aromatic rings. The Morgan fingerprint density at radius 3 is 2.75 bits per heavy atom. The maximum absolute atomic E-state index is 11.7. The monoisotopic (exact) mass is 357 g/mol. The van der Waals surface area contributed by atoms with Crippen LogP contribution in [0.2, 0.25) is 0 Å². The highest BCUT2D eigenvalue weighted by atomic mass is 32.2. The number of H-pyrrole nitrogens is 1. The highest BCUT2D eigenvalue weighted by molar-refractivity contribution is 8.02. The van der Waals surface area contributed by atoms with E-state index in [1.165, 1.54) is 29.6 Å². The van der Waals surface area contributed by atoms with Gasteiger partial charge in [0.05, 0.1) is 0 Å². The van der Waals surface area contributed by atoms with Gasteiger partial charge in [-0.1, -0.05) is 18.2 Å². The van der Waals surface area contributed by atoms with Gasteiger partial charge in [-0.25, -0.2) is 4.98 Å². The molecule has 1 aliphatic heterocycles. The van der Waals surface area contributed by atoms with Gasteiger partial charge in [0.15, 0.2) is 0 Å². The molecule has 1 aromatic carbocycles. The number of primary amides is 1. The second kappa shape index (κ2) is 7.46. The van der Waals surface area contributed by atoms with E-state index in [2.05, 4.69) is 21.5 Å². The Kier molecular flexibility index (Phi) is 5.12. The molecule has 0 spiro atoms. The Labute approximate surface area is 146 Å². The van der Waals surface area contributed by atoms with Gasteiger partial charge in [0, 0.05) is 28.4 Å². The highest BCUT2D eigenvalue weighted by Gasteiger charge is 2.09. The molecule has 1 amide bonds. The summed E-state index contributed by atoms with van der Waals surface area (Å²) in [6.07, 6.45) is 5.21. The molecule has 7 heteroatoms. The number of aromatic amines is 1. The number of thioether (sulfide) groups is 1. The van der Waals surface area contributed by atoms with Crippen molar-refractivity contribution in [2.45, 2.75) is 6.42 Å². The largest absolute Gasteiger partial charge is 0.365 e. The van der Waals surface area contributed by atoms with E-state index in [0.717, 1.165) is 16.0 Å². The molecule has 4 rings (SSSR count). The number of fused-ring (bicyclic) bond motifs is 1. The minimum Gasteiger partial charge on any atom is -0.365 e. The van der Waals surface area contributed by atoms with E-state index in [-0.39, 0.29) is 5.56 Å². The maximum Gasteiger partial charge on any atom is 0.261 e. The summed E-state index contributed by atoms with van der Waals surface area (Å²) in [5, 5.41) is 5.67. The number of amides is 1. The predicted octanol–water partition coefficient (Wildman–Crippen LogP) is 3.39. The molecule has 0 aliphatic carbocycles. The Balaban J connectivity index is 0.000000290. The number of nitrogens with zero attached hydrogens (tertiary/aromatic N) is 1. The number of hydrogen-bond acceptors (Lipinski definition) is 5. The van der Waals surface area contributed by atoms with Crippen molar-refractivity contribution in [3.63, 3.8) is 0 Å². The average molecular weight is 357 g/mol. The molecule has 0 radical (unpaired) electrons. The van der Waals surface area contributed by atoms with Gasteiger partial charge in [-0.2, -0.15) is 0 Å². The van der Waals surface area contributed by atoms with Gasteiger partial charge in [0.1, 0.15) is 10.6 Å². The number of carbonyl (C=O) groups is 1. The van der Waals surface area contributed by atoms with Crippen LogP contribution in [0.1, 0.15) is 16.8 Å². The predicted molar refractivity (Wildman–Crippen MR) is 100 cm³/mol. The number of aromatic nitrogens is 2. The molecule has 0 atom stereocenters. The smallest absolute Gasteiger partial charge is 0.261 e. The summed E-state index contributed by atoms with van der Waals surface area (Å²) in [7, 11) is 0. The Morgan fingerprint density at radius 2 is 2.17 bits per heavy atom. The third-order valence-corrected chi connectivity index (χ3v) is 5.06. The maximum atomic E-state index is 11.7. The second-order valence-electron chi connectivity index (χ2n) is 5.05. The fraction of sp³-hybridized carbons (Fsp3) is 0.118. The van der Waals surface area contributed by atoms with E-state index in [1.807, 2.05) is 35.3 Å². The lowest BCUT2D eigenvalue weighted by Crippen LogP contribution is -2.23. The van der Waals surface area contributed by atoms with Gasteiger partial charge < -0.3 is 10.7 Å². The zero-order valence-electron chi connectivity index (χ0n) is 12.7. The molecule has 0 fully saturated rings. The first-order valence-electron chi connectivity index (χ1n) is 7.28. The third-order valence-electron chi connectivity index (χ3n) is 3.39. The van der Waals surface area contributed by atoms with Crippen LogP contribution < -0.4 is 11.3 Å². The van der Waals surface area contributed by atoms with E-state index in [9.17, 15) is 9.59 Å². The minimum absolute atomic E-state index is 0.0329. The van der Waals surface area contributed by atoms with E-state index in [0.29, 0.717) is 5.52 Å². The van der Waals surface area contributed by atoms with Crippen LogP contribution in [0.25, 0.3) is 21.5 Å². The summed E-state index contributed by atoms with van der Waals surface area (Å²) < 4.78 is 0. The average Bonchev–Trinajstić information content (AvgIpc) is 3.29. The molecular weight excluding hydrogens is 342 g/mol. The van der Waals surface area contributed by atoms with Crippen LogP contribution in [-0.4, -0.2) is 21.6 Å². The molecule has 5 nitrogen and oxygen atoms in total. The standard InChI is InChI=1S/C13H9N3O2S.C4H6S/c14-11(17)9-5-7-1-2-8(13-15-3-4-19-13)6-10(7)16-12(9)18;1-2-4-5-3-1/h1-6H,(H2,14,17)(H,16,18);1,3H,2,4H2. The number of thiazole rings is 1. The number of rotatable bonds is 2. The summed E-state index contributed by atoms with van der Waals surface area (Å²) in [5.41, 5.74) is 6.21. The summed E-state index contributed by atoms with van der Waals surface area (Å²) in [6.45, 7) is 0. The molecule has 0 bridgehead atoms. The Morgan fingerprint density at radius 1 is 1.29 bits per heavy atom. The van der Waals surface area contributed by atoms with Crippen molar-refractivity contribution in [2.24, 2.45) is 5.73 Å². The quantitative estimate of drug-likeness (QED) is 0.736. The summed E-state index contributed by atoms with van der Waals surface area (Å²) in [4.78, 5) is 29.7. The lowest BCUT2D eigenvalue weighted by Gasteiger charge is -2.02. The van der Waals surface area contributed by atoms with Gasteiger partial charge in [-0.3, -0.25) is 9.59 Å². The Hall–Kier alpha value is -2.38. The van der Waals surface area contributed by atoms with Crippen LogP contribution in [0.4, 0.5) is 0 Å². The zero-order valence-corrected chi connectivity index (χ0v) is 14.3. The molecule has 2 aromatic heterocycles. The van der Waals surface area contributed by atoms with E-state index in [1.54, 1.807) is 6.20 Å². The van der Waals surface area contributed by atoms with Gasteiger partial charge in [-0.15, -0.1) is 23.1 Å². The first-order valence-corrected chi connectivity index (χ1v) is 9.21. The SMILES string of the molecule is C1=CSCC1.NC(=O)c1cc2ccc(-c3nccs3)cc2[nH]c1=O. The van der Waals surface area contributed by atoms with Crippen LogP contribution in [0.5, 0.6) is 0 Å². The van der Waals surface area contributed by atoms with Gasteiger partial charge in [-0.05, 0) is 29.3 Å². The van der Waals surface area contributed by atoms with Crippen molar-refractivity contribution in [1.29, 1.82) is 0 Å². The van der Waals surface area contributed by atoms with E-state index in [4.69, 9.17) is 5.73 Å². The number of pyridine rings is 1. The van der Waals surface area contributed by atoms with Crippen LogP contribution in [0, 0.1) is 0 Å². The van der Waals surface area contributed by atoms with Crippen molar-refractivity contribution in [2.75, 3.05) is 5.75 Å². The molecule has 0 saturated carbocycles. The fourth-order valence-electron chi connectivity index (χ4n) is 2.22. The van der Waals surface area contributed by atoms with Crippen molar-refractivity contribution >= 4 is 39.9 Å². The van der Waals surface area contributed by atoms with Crippen molar-refractivity contribution in [3.05, 3.63) is 63.2 Å². The van der Waals surface area contributed by atoms with Crippen LogP contribution >= 0.6 is 23.1 Å². The highest BCUT2D eigenvalue weighted by Crippen LogP contribution is 2.24. The lowest BCUT2D eigenvalue weighted by atomic mass is 10.1. The number of hydrogen-bond donors (Lipinski definition) is 2. The van der Waals surface area contributed by atoms with Crippen molar-refractivity contribution in [1.82, 2.24) is 9.97 Å². The van der Waals surface area contributed by atoms with Gasteiger partial charge in [0.2, 0.25) is 0 Å². The zero-order chi connectivity index (χ0) is 16.9. The topological polar surface area (TPSA) is 88.8 Å². The molecule has 3 heterocycles. The fourth-order valence-corrected chi connectivity index (χ4v) is 3.54. The molecule has 3 N–H and O–H groups in total. The van der Waals surface area contributed by atoms with Gasteiger partial charge >= 0.3 is 0 Å².